The first kappa shape index (κ1) is 41.0. The lowest BCUT2D eigenvalue weighted by Gasteiger charge is -2.25. The SMILES string of the molecule is CN(C)c1ccc(C(=CC(C=C(c2ccc(N(C)C)cc2)c2ccc(N(C)C)cc2)C(C(=O)c2ccccc2)C(=O)c2ccccc2)c2ccc(N(C)C)cc2)cc1. The monoisotopic (exact) mass is 766 g/mol. The molecule has 58 heavy (non-hydrogen) atoms. The maximum absolute atomic E-state index is 15.1. The van der Waals surface area contributed by atoms with Crippen molar-refractivity contribution in [3.05, 3.63) is 203 Å². The van der Waals surface area contributed by atoms with Crippen LogP contribution in [-0.4, -0.2) is 67.9 Å². The summed E-state index contributed by atoms with van der Waals surface area (Å²) in [5.74, 6) is -2.24. The van der Waals surface area contributed by atoms with Crippen molar-refractivity contribution in [3.8, 4) is 0 Å². The minimum Gasteiger partial charge on any atom is -0.378 e. The van der Waals surface area contributed by atoms with Gasteiger partial charge in [0, 0.05) is 96.2 Å². The number of carbonyl (C=O) groups excluding carboxylic acids is 2. The van der Waals surface area contributed by atoms with Crippen LogP contribution in [0, 0.1) is 11.8 Å². The average molecular weight is 767 g/mol. The Labute approximate surface area is 345 Å². The van der Waals surface area contributed by atoms with Gasteiger partial charge in [-0.2, -0.15) is 0 Å². The van der Waals surface area contributed by atoms with Crippen molar-refractivity contribution in [1.29, 1.82) is 0 Å². The molecule has 6 rings (SSSR count). The van der Waals surface area contributed by atoms with E-state index in [0.717, 1.165) is 56.1 Å². The van der Waals surface area contributed by atoms with Crippen LogP contribution in [0.25, 0.3) is 11.1 Å². The Kier molecular flexibility index (Phi) is 13.1. The van der Waals surface area contributed by atoms with Crippen molar-refractivity contribution in [2.45, 2.75) is 0 Å². The molecule has 0 atom stereocenters. The summed E-state index contributed by atoms with van der Waals surface area (Å²) in [6.45, 7) is 0. The maximum atomic E-state index is 15.1. The molecule has 0 amide bonds. The zero-order valence-corrected chi connectivity index (χ0v) is 34.9. The fourth-order valence-corrected chi connectivity index (χ4v) is 7.13. The van der Waals surface area contributed by atoms with Crippen molar-refractivity contribution in [3.63, 3.8) is 0 Å². The fraction of sp³-hybridized carbons (Fsp3) is 0.192. The zero-order chi connectivity index (χ0) is 41.3. The second-order valence-electron chi connectivity index (χ2n) is 15.4. The average Bonchev–Trinajstić information content (AvgIpc) is 3.25. The highest BCUT2D eigenvalue weighted by atomic mass is 16.2. The molecule has 0 N–H and O–H groups in total. The molecule has 0 spiro atoms. The molecule has 0 bridgehead atoms. The van der Waals surface area contributed by atoms with Crippen LogP contribution in [0.5, 0.6) is 0 Å². The number of hydrogen-bond acceptors (Lipinski definition) is 6. The molecule has 0 aromatic heterocycles. The number of Topliss-reactive ketones (excluding diaryl/α,β-unsaturated/α-hetero) is 2. The topological polar surface area (TPSA) is 47.1 Å². The molecule has 0 aliphatic carbocycles. The Morgan fingerprint density at radius 1 is 0.345 bits per heavy atom. The number of benzene rings is 6. The van der Waals surface area contributed by atoms with Gasteiger partial charge < -0.3 is 19.6 Å². The molecule has 0 aliphatic rings. The fourth-order valence-electron chi connectivity index (χ4n) is 7.13. The number of carbonyl (C=O) groups is 2. The van der Waals surface area contributed by atoms with Gasteiger partial charge in [-0.25, -0.2) is 0 Å². The largest absolute Gasteiger partial charge is 0.378 e. The van der Waals surface area contributed by atoms with Gasteiger partial charge in [0.05, 0.1) is 5.92 Å². The highest BCUT2D eigenvalue weighted by Gasteiger charge is 2.35. The van der Waals surface area contributed by atoms with Gasteiger partial charge >= 0.3 is 0 Å². The second kappa shape index (κ2) is 18.5. The van der Waals surface area contributed by atoms with E-state index in [-0.39, 0.29) is 11.6 Å². The van der Waals surface area contributed by atoms with E-state index < -0.39 is 11.8 Å². The number of nitrogens with zero attached hydrogens (tertiary/aromatic N) is 4. The van der Waals surface area contributed by atoms with Crippen LogP contribution in [0.3, 0.4) is 0 Å². The quantitative estimate of drug-likeness (QED) is 0.0766. The lowest BCUT2D eigenvalue weighted by atomic mass is 9.76. The molecule has 0 radical (unpaired) electrons. The van der Waals surface area contributed by atoms with E-state index in [2.05, 4.69) is 129 Å². The summed E-state index contributed by atoms with van der Waals surface area (Å²) in [5.41, 5.74) is 11.0. The van der Waals surface area contributed by atoms with E-state index in [0.29, 0.717) is 11.1 Å². The molecule has 6 aromatic rings. The summed E-state index contributed by atoms with van der Waals surface area (Å²) >= 11 is 0. The summed E-state index contributed by atoms with van der Waals surface area (Å²) < 4.78 is 0. The van der Waals surface area contributed by atoms with Crippen LogP contribution in [0.4, 0.5) is 22.7 Å². The minimum absolute atomic E-state index is 0.234. The van der Waals surface area contributed by atoms with Crippen LogP contribution in [0.1, 0.15) is 43.0 Å². The molecule has 294 valence electrons. The van der Waals surface area contributed by atoms with Gasteiger partial charge in [-0.05, 0) is 81.9 Å². The third kappa shape index (κ3) is 9.64. The summed E-state index contributed by atoms with van der Waals surface area (Å²) in [6, 6.07) is 52.2. The standard InChI is InChI=1S/C52H54N4O2/c1-53(2)44-27-19-37(20-28-44)48(38-21-29-45(30-22-38)54(3)4)35-43(50(51(57)41-15-11-9-12-16-41)52(58)42-17-13-10-14-18-42)36-49(39-23-31-46(32-24-39)55(5)6)40-25-33-47(34-26-40)56(7)8/h9-36,43,50H,1-8H3. The van der Waals surface area contributed by atoms with Crippen molar-refractivity contribution < 1.29 is 9.59 Å². The van der Waals surface area contributed by atoms with E-state index in [1.165, 1.54) is 0 Å². The second-order valence-corrected chi connectivity index (χ2v) is 15.4. The normalized spacial score (nSPS) is 10.9. The van der Waals surface area contributed by atoms with E-state index in [9.17, 15) is 0 Å². The highest BCUT2D eigenvalue weighted by Crippen LogP contribution is 2.37. The number of hydrogen-bond donors (Lipinski definition) is 0. The first-order chi connectivity index (χ1) is 27.9. The summed E-state index contributed by atoms with van der Waals surface area (Å²) in [5, 5.41) is 0. The number of rotatable bonds is 15. The number of allylic oxidation sites excluding steroid dienone is 2. The van der Waals surface area contributed by atoms with E-state index in [1.807, 2.05) is 92.8 Å². The van der Waals surface area contributed by atoms with Crippen LogP contribution >= 0.6 is 0 Å². The Hall–Kier alpha value is -6.66. The van der Waals surface area contributed by atoms with E-state index in [1.54, 1.807) is 24.3 Å². The Balaban J connectivity index is 1.69. The number of ketones is 2. The molecule has 6 aromatic carbocycles. The van der Waals surface area contributed by atoms with Crippen LogP contribution in [-0.2, 0) is 0 Å². The lowest BCUT2D eigenvalue weighted by Crippen LogP contribution is -2.31. The predicted octanol–water partition coefficient (Wildman–Crippen LogP) is 10.5. The van der Waals surface area contributed by atoms with Gasteiger partial charge in [0.1, 0.15) is 0 Å². The van der Waals surface area contributed by atoms with Gasteiger partial charge in [-0.1, -0.05) is 121 Å². The van der Waals surface area contributed by atoms with Crippen molar-refractivity contribution >= 4 is 45.5 Å². The highest BCUT2D eigenvalue weighted by molar-refractivity contribution is 6.17. The summed E-state index contributed by atoms with van der Waals surface area (Å²) in [6.07, 6.45) is 4.29. The first-order valence-corrected chi connectivity index (χ1v) is 19.6. The Morgan fingerprint density at radius 3 is 0.810 bits per heavy atom. The summed E-state index contributed by atoms with van der Waals surface area (Å²) in [7, 11) is 16.2. The predicted molar refractivity (Wildman–Crippen MR) is 246 cm³/mol. The molecule has 0 saturated heterocycles. The molecule has 0 fully saturated rings. The smallest absolute Gasteiger partial charge is 0.174 e. The van der Waals surface area contributed by atoms with Crippen LogP contribution in [0.2, 0.25) is 0 Å². The van der Waals surface area contributed by atoms with Crippen molar-refractivity contribution in [1.82, 2.24) is 0 Å². The maximum Gasteiger partial charge on any atom is 0.174 e. The Bertz CT molecular complexity index is 2070. The molecular formula is C52H54N4O2. The van der Waals surface area contributed by atoms with Gasteiger partial charge in [-0.3, -0.25) is 9.59 Å². The summed E-state index contributed by atoms with van der Waals surface area (Å²) in [4.78, 5) is 38.5. The molecule has 0 heterocycles. The zero-order valence-electron chi connectivity index (χ0n) is 34.9. The van der Waals surface area contributed by atoms with Crippen molar-refractivity contribution in [2.75, 3.05) is 76.0 Å². The lowest BCUT2D eigenvalue weighted by molar-refractivity contribution is 0.0786. The molecule has 0 saturated carbocycles. The van der Waals surface area contributed by atoms with Crippen molar-refractivity contribution in [2.24, 2.45) is 11.8 Å². The number of anilines is 4. The molecule has 6 heteroatoms. The van der Waals surface area contributed by atoms with Gasteiger partial charge in [0.25, 0.3) is 0 Å². The van der Waals surface area contributed by atoms with Gasteiger partial charge in [-0.15, -0.1) is 0 Å². The third-order valence-electron chi connectivity index (χ3n) is 10.6. The van der Waals surface area contributed by atoms with E-state index in [4.69, 9.17) is 0 Å². The molecular weight excluding hydrogens is 713 g/mol. The van der Waals surface area contributed by atoms with Gasteiger partial charge in [0.15, 0.2) is 11.6 Å². The van der Waals surface area contributed by atoms with Crippen LogP contribution in [0.15, 0.2) is 170 Å². The molecule has 0 aliphatic heterocycles. The Morgan fingerprint density at radius 2 is 0.586 bits per heavy atom. The minimum atomic E-state index is -1.08. The third-order valence-corrected chi connectivity index (χ3v) is 10.6. The first-order valence-electron chi connectivity index (χ1n) is 19.6. The van der Waals surface area contributed by atoms with E-state index >= 15 is 9.59 Å². The molecule has 0 unspecified atom stereocenters. The van der Waals surface area contributed by atoms with Crippen LogP contribution < -0.4 is 19.6 Å². The van der Waals surface area contributed by atoms with Gasteiger partial charge in [0.2, 0.25) is 0 Å². The molecule has 6 nitrogen and oxygen atoms in total.